The maximum absolute atomic E-state index is 12.6. The third-order valence-corrected chi connectivity index (χ3v) is 3.42. The first kappa shape index (κ1) is 13.0. The normalized spacial score (nSPS) is 13.1. The molecule has 0 bridgehead atoms. The zero-order valence-electron chi connectivity index (χ0n) is 11.2. The summed E-state index contributed by atoms with van der Waals surface area (Å²) in [5.74, 6) is -0.883. The minimum Gasteiger partial charge on any atom is -0.268 e. The number of rotatable bonds is 2. The number of imide groups is 1. The molecule has 0 N–H and O–H groups in total. The van der Waals surface area contributed by atoms with Crippen molar-refractivity contribution < 1.29 is 14.4 Å². The smallest absolute Gasteiger partial charge is 0.268 e. The number of isocyanates is 1. The Kier molecular flexibility index (Phi) is 2.97. The van der Waals surface area contributed by atoms with E-state index in [0.717, 1.165) is 10.5 Å². The van der Waals surface area contributed by atoms with E-state index in [1.165, 1.54) is 12.1 Å². The molecule has 1 heterocycles. The van der Waals surface area contributed by atoms with Gasteiger partial charge in [0.15, 0.2) is 0 Å². The second-order valence-electron chi connectivity index (χ2n) is 4.63. The molecular weight excluding hydrogens is 268 g/mol. The number of carbonyl (C=O) groups excluding carboxylic acids is 3. The number of aryl methyl sites for hydroxylation is 1. The topological polar surface area (TPSA) is 66.8 Å². The van der Waals surface area contributed by atoms with Crippen LogP contribution in [0.3, 0.4) is 0 Å². The highest BCUT2D eigenvalue weighted by Gasteiger charge is 2.39. The molecule has 2 amide bonds. The Balaban J connectivity index is 2.20. The number of hydrogen-bond donors (Lipinski definition) is 0. The summed E-state index contributed by atoms with van der Waals surface area (Å²) in [6.07, 6.45) is 1.41. The molecule has 21 heavy (non-hydrogen) atoms. The van der Waals surface area contributed by atoms with Gasteiger partial charge in [0.2, 0.25) is 6.08 Å². The van der Waals surface area contributed by atoms with Crippen LogP contribution in [0.25, 0.3) is 0 Å². The number of para-hydroxylation sites is 1. The van der Waals surface area contributed by atoms with Crippen molar-refractivity contribution in [1.82, 2.24) is 0 Å². The maximum Gasteiger partial charge on any atom is 0.268 e. The predicted molar refractivity (Wildman–Crippen MR) is 76.5 cm³/mol. The molecule has 2 aromatic rings. The second kappa shape index (κ2) is 4.81. The first-order valence-corrected chi connectivity index (χ1v) is 6.30. The fourth-order valence-corrected chi connectivity index (χ4v) is 2.44. The van der Waals surface area contributed by atoms with E-state index in [2.05, 4.69) is 4.99 Å². The lowest BCUT2D eigenvalue weighted by atomic mass is 10.1. The van der Waals surface area contributed by atoms with Crippen molar-refractivity contribution in [3.63, 3.8) is 0 Å². The monoisotopic (exact) mass is 278 g/mol. The van der Waals surface area contributed by atoms with E-state index in [9.17, 15) is 14.4 Å². The molecular formula is C16H10N2O3. The van der Waals surface area contributed by atoms with Crippen LogP contribution in [0.1, 0.15) is 26.3 Å². The molecule has 0 radical (unpaired) electrons. The van der Waals surface area contributed by atoms with E-state index in [0.29, 0.717) is 5.69 Å². The average Bonchev–Trinajstić information content (AvgIpc) is 2.73. The Morgan fingerprint density at radius 3 is 2.48 bits per heavy atom. The number of nitrogens with zero attached hydrogens (tertiary/aromatic N) is 2. The summed E-state index contributed by atoms with van der Waals surface area (Å²) in [5.41, 5.74) is 1.91. The van der Waals surface area contributed by atoms with Crippen LogP contribution in [0.4, 0.5) is 11.4 Å². The first-order chi connectivity index (χ1) is 10.1. The summed E-state index contributed by atoms with van der Waals surface area (Å²) in [6, 6.07) is 11.8. The third kappa shape index (κ3) is 1.88. The summed E-state index contributed by atoms with van der Waals surface area (Å²) in [7, 11) is 0. The standard InChI is InChI=1S/C16H10N2O3/c1-10-5-2-3-8-13(10)18-15(20)11-6-4-7-12(17-9-19)14(11)16(18)21/h2-8H,1H3. The van der Waals surface area contributed by atoms with Gasteiger partial charge in [-0.2, -0.15) is 4.99 Å². The molecule has 102 valence electrons. The minimum absolute atomic E-state index is 0.147. The van der Waals surface area contributed by atoms with Crippen LogP contribution in [-0.4, -0.2) is 17.9 Å². The molecule has 0 saturated heterocycles. The third-order valence-electron chi connectivity index (χ3n) is 3.42. The zero-order valence-corrected chi connectivity index (χ0v) is 11.2. The van der Waals surface area contributed by atoms with Crippen molar-refractivity contribution in [2.75, 3.05) is 4.90 Å². The largest absolute Gasteiger partial charge is 0.268 e. The highest BCUT2D eigenvalue weighted by Crippen LogP contribution is 2.34. The van der Waals surface area contributed by atoms with Gasteiger partial charge in [-0.25, -0.2) is 9.69 Å². The van der Waals surface area contributed by atoms with Gasteiger partial charge in [-0.15, -0.1) is 0 Å². The molecule has 2 aromatic carbocycles. The molecule has 0 aromatic heterocycles. The van der Waals surface area contributed by atoms with Gasteiger partial charge in [0.05, 0.1) is 22.5 Å². The molecule has 5 heteroatoms. The quantitative estimate of drug-likeness (QED) is 0.482. The fourth-order valence-electron chi connectivity index (χ4n) is 2.44. The maximum atomic E-state index is 12.6. The van der Waals surface area contributed by atoms with Crippen LogP contribution in [0, 0.1) is 6.92 Å². The molecule has 5 nitrogen and oxygen atoms in total. The molecule has 1 aliphatic heterocycles. The number of benzene rings is 2. The zero-order chi connectivity index (χ0) is 15.0. The Labute approximate surface area is 120 Å². The van der Waals surface area contributed by atoms with Crippen molar-refractivity contribution in [1.29, 1.82) is 0 Å². The van der Waals surface area contributed by atoms with Crippen LogP contribution in [0.2, 0.25) is 0 Å². The lowest BCUT2D eigenvalue weighted by Crippen LogP contribution is -2.29. The van der Waals surface area contributed by atoms with Gasteiger partial charge in [-0.05, 0) is 30.7 Å². The molecule has 3 rings (SSSR count). The van der Waals surface area contributed by atoms with Gasteiger partial charge >= 0.3 is 0 Å². The summed E-state index contributed by atoms with van der Waals surface area (Å²) >= 11 is 0. The van der Waals surface area contributed by atoms with E-state index in [1.54, 1.807) is 24.3 Å². The van der Waals surface area contributed by atoms with Gasteiger partial charge in [0.25, 0.3) is 11.8 Å². The molecule has 0 saturated carbocycles. The van der Waals surface area contributed by atoms with E-state index in [-0.39, 0.29) is 16.8 Å². The number of amides is 2. The highest BCUT2D eigenvalue weighted by atomic mass is 16.2. The van der Waals surface area contributed by atoms with Gasteiger partial charge in [-0.3, -0.25) is 9.59 Å². The number of fused-ring (bicyclic) bond motifs is 1. The van der Waals surface area contributed by atoms with Crippen molar-refractivity contribution in [2.24, 2.45) is 4.99 Å². The van der Waals surface area contributed by atoms with E-state index >= 15 is 0 Å². The van der Waals surface area contributed by atoms with Crippen LogP contribution < -0.4 is 4.90 Å². The minimum atomic E-state index is -0.473. The Hall–Kier alpha value is -3.04. The Morgan fingerprint density at radius 1 is 1.00 bits per heavy atom. The number of aliphatic imine (C=N–C) groups is 1. The van der Waals surface area contributed by atoms with Gasteiger partial charge in [0, 0.05) is 0 Å². The molecule has 0 atom stereocenters. The Bertz CT molecular complexity index is 820. The average molecular weight is 278 g/mol. The van der Waals surface area contributed by atoms with E-state index < -0.39 is 11.8 Å². The molecule has 0 fully saturated rings. The Morgan fingerprint density at radius 2 is 1.76 bits per heavy atom. The number of carbonyl (C=O) groups is 2. The van der Waals surface area contributed by atoms with Crippen LogP contribution in [0.15, 0.2) is 47.5 Å². The lowest BCUT2D eigenvalue weighted by molar-refractivity contribution is 0.0926. The predicted octanol–water partition coefficient (Wildman–Crippen LogP) is 2.76. The van der Waals surface area contributed by atoms with Crippen molar-refractivity contribution in [3.8, 4) is 0 Å². The summed E-state index contributed by atoms with van der Waals surface area (Å²) in [5, 5.41) is 0. The van der Waals surface area contributed by atoms with Gasteiger partial charge < -0.3 is 0 Å². The fraction of sp³-hybridized carbons (Fsp3) is 0.0625. The first-order valence-electron chi connectivity index (χ1n) is 6.30. The summed E-state index contributed by atoms with van der Waals surface area (Å²) in [4.78, 5) is 40.1. The number of hydrogen-bond acceptors (Lipinski definition) is 4. The molecule has 1 aliphatic rings. The highest BCUT2D eigenvalue weighted by molar-refractivity contribution is 6.36. The van der Waals surface area contributed by atoms with Crippen LogP contribution in [0.5, 0.6) is 0 Å². The van der Waals surface area contributed by atoms with Gasteiger partial charge in [-0.1, -0.05) is 24.3 Å². The summed E-state index contributed by atoms with van der Waals surface area (Å²) in [6.45, 7) is 1.82. The molecule has 0 spiro atoms. The lowest BCUT2D eigenvalue weighted by Gasteiger charge is -2.16. The van der Waals surface area contributed by atoms with E-state index in [1.807, 2.05) is 19.1 Å². The van der Waals surface area contributed by atoms with Crippen molar-refractivity contribution in [2.45, 2.75) is 6.92 Å². The van der Waals surface area contributed by atoms with Crippen LogP contribution in [-0.2, 0) is 4.79 Å². The number of anilines is 1. The summed E-state index contributed by atoms with van der Waals surface area (Å²) < 4.78 is 0. The van der Waals surface area contributed by atoms with Crippen molar-refractivity contribution in [3.05, 3.63) is 59.2 Å². The van der Waals surface area contributed by atoms with Gasteiger partial charge in [0.1, 0.15) is 0 Å². The van der Waals surface area contributed by atoms with Crippen LogP contribution >= 0.6 is 0 Å². The molecule has 0 unspecified atom stereocenters. The van der Waals surface area contributed by atoms with E-state index in [4.69, 9.17) is 0 Å². The second-order valence-corrected chi connectivity index (χ2v) is 4.63. The SMILES string of the molecule is Cc1ccccc1N1C(=O)c2cccc(N=C=O)c2C1=O. The molecule has 0 aliphatic carbocycles. The van der Waals surface area contributed by atoms with Crippen molar-refractivity contribution >= 4 is 29.3 Å².